The number of nitrogens with one attached hydrogen (secondary N) is 2. The lowest BCUT2D eigenvalue weighted by Gasteiger charge is -2.29. The summed E-state index contributed by atoms with van der Waals surface area (Å²) in [5.74, 6) is 0.761. The van der Waals surface area contributed by atoms with Crippen LogP contribution in [-0.2, 0) is 19.6 Å². The molecule has 1 saturated heterocycles. The third-order valence-electron chi connectivity index (χ3n) is 4.83. The van der Waals surface area contributed by atoms with Crippen LogP contribution >= 0.6 is 24.0 Å². The minimum absolute atomic E-state index is 0. The topological polar surface area (TPSA) is 72.8 Å². The maximum Gasteiger partial charge on any atom is 0.191 e. The van der Waals surface area contributed by atoms with Crippen LogP contribution in [0.25, 0.3) is 0 Å². The fraction of sp³-hybridized carbons (Fsp3) is 0.429. The van der Waals surface area contributed by atoms with Crippen molar-refractivity contribution in [2.45, 2.75) is 38.6 Å². The van der Waals surface area contributed by atoms with Gasteiger partial charge in [-0.2, -0.15) is 0 Å². The Morgan fingerprint density at radius 3 is 2.39 bits per heavy atom. The summed E-state index contributed by atoms with van der Waals surface area (Å²) >= 11 is 0. The van der Waals surface area contributed by atoms with Gasteiger partial charge in [-0.25, -0.2) is 0 Å². The lowest BCUT2D eigenvalue weighted by molar-refractivity contribution is 0.0792. The number of rotatable bonds is 6. The molecular formula is C21H30IN5O. The molecule has 1 aromatic carbocycles. The lowest BCUT2D eigenvalue weighted by Crippen LogP contribution is -2.36. The van der Waals surface area contributed by atoms with Crippen molar-refractivity contribution in [1.29, 1.82) is 0 Å². The zero-order valence-electron chi connectivity index (χ0n) is 16.3. The summed E-state index contributed by atoms with van der Waals surface area (Å²) < 4.78 is 0. The first-order valence-corrected chi connectivity index (χ1v) is 9.55. The Balaban J connectivity index is 0.00000280. The first kappa shape index (κ1) is 22.6. The number of benzene rings is 1. The van der Waals surface area contributed by atoms with Crippen LogP contribution in [0.2, 0.25) is 0 Å². The second-order valence-corrected chi connectivity index (χ2v) is 6.92. The van der Waals surface area contributed by atoms with Gasteiger partial charge in [-0.3, -0.25) is 14.9 Å². The number of aliphatic imine (C=N–C) groups is 1. The fourth-order valence-corrected chi connectivity index (χ4v) is 3.18. The molecule has 2 aromatic rings. The van der Waals surface area contributed by atoms with Crippen molar-refractivity contribution in [2.75, 3.05) is 20.1 Å². The maximum absolute atomic E-state index is 9.60. The van der Waals surface area contributed by atoms with Crippen LogP contribution < -0.4 is 10.6 Å². The number of aromatic nitrogens is 1. The molecule has 1 fully saturated rings. The van der Waals surface area contributed by atoms with E-state index in [1.165, 1.54) is 11.1 Å². The molecule has 3 N–H and O–H groups in total. The molecule has 0 unspecified atom stereocenters. The number of hydrogen-bond donors (Lipinski definition) is 3. The van der Waals surface area contributed by atoms with Crippen LogP contribution in [0.4, 0.5) is 0 Å². The van der Waals surface area contributed by atoms with E-state index < -0.39 is 0 Å². The number of guanidine groups is 1. The van der Waals surface area contributed by atoms with Gasteiger partial charge in [0.15, 0.2) is 5.96 Å². The first-order valence-electron chi connectivity index (χ1n) is 9.55. The predicted octanol–water partition coefficient (Wildman–Crippen LogP) is 2.52. The van der Waals surface area contributed by atoms with Gasteiger partial charge in [0.2, 0.25) is 0 Å². The molecule has 2 heterocycles. The molecule has 0 saturated carbocycles. The molecular weight excluding hydrogens is 465 g/mol. The van der Waals surface area contributed by atoms with E-state index in [1.54, 1.807) is 13.2 Å². The van der Waals surface area contributed by atoms with E-state index >= 15 is 0 Å². The van der Waals surface area contributed by atoms with Crippen molar-refractivity contribution in [3.63, 3.8) is 0 Å². The number of pyridine rings is 1. The number of aliphatic hydroxyl groups excluding tert-OH is 1. The van der Waals surface area contributed by atoms with E-state index in [9.17, 15) is 5.11 Å². The van der Waals surface area contributed by atoms with Gasteiger partial charge in [-0.1, -0.05) is 30.3 Å². The number of likely N-dealkylation sites (tertiary alicyclic amines) is 1. The van der Waals surface area contributed by atoms with Gasteiger partial charge < -0.3 is 15.7 Å². The number of hydrogen-bond acceptors (Lipinski definition) is 4. The van der Waals surface area contributed by atoms with Gasteiger partial charge in [0.25, 0.3) is 0 Å². The van der Waals surface area contributed by atoms with Crippen LogP contribution in [0.5, 0.6) is 0 Å². The van der Waals surface area contributed by atoms with Gasteiger partial charge >= 0.3 is 0 Å². The monoisotopic (exact) mass is 495 g/mol. The lowest BCUT2D eigenvalue weighted by atomic mass is 10.1. The molecule has 3 rings (SSSR count). The highest BCUT2D eigenvalue weighted by Gasteiger charge is 2.16. The smallest absolute Gasteiger partial charge is 0.191 e. The summed E-state index contributed by atoms with van der Waals surface area (Å²) in [5.41, 5.74) is 3.51. The van der Waals surface area contributed by atoms with Crippen LogP contribution in [0.3, 0.4) is 0 Å². The van der Waals surface area contributed by atoms with Gasteiger partial charge in [0.1, 0.15) is 0 Å². The molecule has 152 valence electrons. The van der Waals surface area contributed by atoms with Crippen molar-refractivity contribution in [3.05, 3.63) is 65.5 Å². The number of aliphatic hydroxyl groups is 1. The molecule has 6 nitrogen and oxygen atoms in total. The van der Waals surface area contributed by atoms with Crippen LogP contribution in [0.1, 0.15) is 29.7 Å². The SMILES string of the molecule is CN=C(NCc1ccc(CN2CCC(O)CC2)cc1)NCc1ccccn1.I. The maximum atomic E-state index is 9.60. The third-order valence-corrected chi connectivity index (χ3v) is 4.83. The molecule has 0 amide bonds. The van der Waals surface area contributed by atoms with Crippen molar-refractivity contribution in [2.24, 2.45) is 4.99 Å². The standard InChI is InChI=1S/C21H29N5O.HI/c1-22-21(25-15-19-4-2-3-11-23-19)24-14-17-5-7-18(8-6-17)16-26-12-9-20(27)10-13-26;/h2-8,11,20,27H,9-10,12-16H2,1H3,(H2,22,24,25);1H. The highest BCUT2D eigenvalue weighted by molar-refractivity contribution is 14.0. The summed E-state index contributed by atoms with van der Waals surface area (Å²) in [6.45, 7) is 4.27. The van der Waals surface area contributed by atoms with Gasteiger partial charge in [0.05, 0.1) is 18.3 Å². The molecule has 0 radical (unpaired) electrons. The summed E-state index contributed by atoms with van der Waals surface area (Å²) in [5, 5.41) is 16.2. The third kappa shape index (κ3) is 7.37. The molecule has 0 atom stereocenters. The second kappa shape index (κ2) is 12.0. The van der Waals surface area contributed by atoms with E-state index in [0.717, 1.165) is 50.7 Å². The summed E-state index contributed by atoms with van der Waals surface area (Å²) in [6, 6.07) is 14.6. The van der Waals surface area contributed by atoms with E-state index in [4.69, 9.17) is 0 Å². The van der Waals surface area contributed by atoms with Crippen molar-refractivity contribution in [1.82, 2.24) is 20.5 Å². The average Bonchev–Trinajstić information content (AvgIpc) is 2.72. The Labute approximate surface area is 184 Å². The van der Waals surface area contributed by atoms with Crippen LogP contribution in [0, 0.1) is 0 Å². The van der Waals surface area contributed by atoms with Crippen molar-refractivity contribution < 1.29 is 5.11 Å². The predicted molar refractivity (Wildman–Crippen MR) is 124 cm³/mol. The van der Waals surface area contributed by atoms with Crippen molar-refractivity contribution in [3.8, 4) is 0 Å². The Bertz CT molecular complexity index is 715. The molecule has 0 aliphatic carbocycles. The Hall–Kier alpha value is -1.71. The summed E-state index contributed by atoms with van der Waals surface area (Å²) in [6.07, 6.45) is 3.44. The quantitative estimate of drug-likeness (QED) is 0.327. The van der Waals surface area contributed by atoms with Gasteiger partial charge in [-0.05, 0) is 36.1 Å². The molecule has 0 bridgehead atoms. The summed E-state index contributed by atoms with van der Waals surface area (Å²) in [4.78, 5) is 11.0. The molecule has 1 aliphatic heterocycles. The minimum atomic E-state index is -0.115. The van der Waals surface area contributed by atoms with E-state index in [0.29, 0.717) is 6.54 Å². The number of nitrogens with zero attached hydrogens (tertiary/aromatic N) is 3. The first-order chi connectivity index (χ1) is 13.2. The second-order valence-electron chi connectivity index (χ2n) is 6.92. The molecule has 0 spiro atoms. The van der Waals surface area contributed by atoms with Crippen LogP contribution in [-0.4, -0.2) is 47.2 Å². The number of piperidine rings is 1. The van der Waals surface area contributed by atoms with Gasteiger partial charge in [0, 0.05) is 39.4 Å². The molecule has 1 aromatic heterocycles. The minimum Gasteiger partial charge on any atom is -0.393 e. The number of halogens is 1. The van der Waals surface area contributed by atoms with Crippen molar-refractivity contribution >= 4 is 29.9 Å². The zero-order chi connectivity index (χ0) is 18.9. The highest BCUT2D eigenvalue weighted by Crippen LogP contribution is 2.14. The normalized spacial score (nSPS) is 15.7. The van der Waals surface area contributed by atoms with Crippen LogP contribution in [0.15, 0.2) is 53.7 Å². The Morgan fingerprint density at radius 1 is 1.07 bits per heavy atom. The highest BCUT2D eigenvalue weighted by atomic mass is 127. The molecule has 1 aliphatic rings. The largest absolute Gasteiger partial charge is 0.393 e. The van der Waals surface area contributed by atoms with Gasteiger partial charge in [-0.15, -0.1) is 24.0 Å². The van der Waals surface area contributed by atoms with E-state index in [2.05, 4.69) is 49.8 Å². The Kier molecular flexibility index (Phi) is 9.66. The fourth-order valence-electron chi connectivity index (χ4n) is 3.18. The average molecular weight is 495 g/mol. The molecule has 28 heavy (non-hydrogen) atoms. The van der Waals surface area contributed by atoms with E-state index in [1.807, 2.05) is 18.2 Å². The molecule has 7 heteroatoms. The zero-order valence-corrected chi connectivity index (χ0v) is 18.7. The summed E-state index contributed by atoms with van der Waals surface area (Å²) in [7, 11) is 1.77. The van der Waals surface area contributed by atoms with E-state index in [-0.39, 0.29) is 30.1 Å². The Morgan fingerprint density at radius 2 is 1.75 bits per heavy atom.